The molecule has 0 unspecified atom stereocenters. The lowest BCUT2D eigenvalue weighted by molar-refractivity contribution is 0.0526. The van der Waals surface area contributed by atoms with Gasteiger partial charge in [0, 0.05) is 5.56 Å². The Morgan fingerprint density at radius 1 is 1.56 bits per heavy atom. The molecule has 0 aliphatic heterocycles. The van der Waals surface area contributed by atoms with E-state index in [1.54, 1.807) is 19.9 Å². The molecule has 0 radical (unpaired) electrons. The van der Waals surface area contributed by atoms with Gasteiger partial charge in [0.1, 0.15) is 12.4 Å². The number of nitriles is 1. The maximum atomic E-state index is 11.6. The molecule has 16 heavy (non-hydrogen) atoms. The molecular formula is C12H11NO3. The highest BCUT2D eigenvalue weighted by Crippen LogP contribution is 2.16. The average Bonchev–Trinajstić information content (AvgIpc) is 2.28. The fourth-order valence-electron chi connectivity index (χ4n) is 1.40. The molecule has 0 atom stereocenters. The zero-order valence-electron chi connectivity index (χ0n) is 9.11. The highest BCUT2D eigenvalue weighted by molar-refractivity contribution is 5.94. The minimum absolute atomic E-state index is 0.145. The SMILES string of the molecule is CCOC(=O)c1cc(C=O)cc(C)c1C#N. The Morgan fingerprint density at radius 2 is 2.25 bits per heavy atom. The van der Waals surface area contributed by atoms with Crippen molar-refractivity contribution in [3.63, 3.8) is 0 Å². The van der Waals surface area contributed by atoms with Crippen molar-refractivity contribution in [3.8, 4) is 6.07 Å². The molecule has 4 heteroatoms. The third-order valence-electron chi connectivity index (χ3n) is 2.10. The van der Waals surface area contributed by atoms with Crippen molar-refractivity contribution in [2.24, 2.45) is 0 Å². The Morgan fingerprint density at radius 3 is 2.75 bits per heavy atom. The number of benzene rings is 1. The molecule has 0 saturated carbocycles. The Hall–Kier alpha value is -2.15. The highest BCUT2D eigenvalue weighted by atomic mass is 16.5. The summed E-state index contributed by atoms with van der Waals surface area (Å²) in [6.45, 7) is 3.59. The van der Waals surface area contributed by atoms with Gasteiger partial charge in [-0.3, -0.25) is 4.79 Å². The second-order valence-corrected chi connectivity index (χ2v) is 3.21. The van der Waals surface area contributed by atoms with E-state index < -0.39 is 5.97 Å². The van der Waals surface area contributed by atoms with Crippen LogP contribution >= 0.6 is 0 Å². The van der Waals surface area contributed by atoms with Gasteiger partial charge in [-0.05, 0) is 31.5 Å². The zero-order chi connectivity index (χ0) is 12.1. The summed E-state index contributed by atoms with van der Waals surface area (Å²) in [5, 5.41) is 8.93. The van der Waals surface area contributed by atoms with Gasteiger partial charge in [0.2, 0.25) is 0 Å². The first-order valence-electron chi connectivity index (χ1n) is 4.81. The van der Waals surface area contributed by atoms with E-state index in [0.717, 1.165) is 0 Å². The van der Waals surface area contributed by atoms with E-state index in [1.165, 1.54) is 6.07 Å². The van der Waals surface area contributed by atoms with Crippen LogP contribution in [0, 0.1) is 18.3 Å². The number of aldehydes is 1. The van der Waals surface area contributed by atoms with Crippen LogP contribution in [0.1, 0.15) is 38.8 Å². The summed E-state index contributed by atoms with van der Waals surface area (Å²) < 4.78 is 4.82. The van der Waals surface area contributed by atoms with E-state index in [-0.39, 0.29) is 17.7 Å². The fraction of sp³-hybridized carbons (Fsp3) is 0.250. The van der Waals surface area contributed by atoms with Crippen LogP contribution in [0.4, 0.5) is 0 Å². The number of rotatable bonds is 3. The van der Waals surface area contributed by atoms with Crippen LogP contribution in [0.5, 0.6) is 0 Å². The Bertz CT molecular complexity index is 472. The molecule has 0 fully saturated rings. The molecule has 4 nitrogen and oxygen atoms in total. The van der Waals surface area contributed by atoms with Gasteiger partial charge in [0.15, 0.2) is 0 Å². The fourth-order valence-corrected chi connectivity index (χ4v) is 1.40. The van der Waals surface area contributed by atoms with E-state index >= 15 is 0 Å². The molecule has 82 valence electrons. The third kappa shape index (κ3) is 2.26. The van der Waals surface area contributed by atoms with Crippen molar-refractivity contribution in [2.45, 2.75) is 13.8 Å². The highest BCUT2D eigenvalue weighted by Gasteiger charge is 2.15. The van der Waals surface area contributed by atoms with E-state index in [4.69, 9.17) is 10.00 Å². The number of hydrogen-bond acceptors (Lipinski definition) is 4. The van der Waals surface area contributed by atoms with E-state index in [2.05, 4.69) is 0 Å². The third-order valence-corrected chi connectivity index (χ3v) is 2.10. The molecule has 0 aliphatic rings. The molecule has 1 aromatic carbocycles. The van der Waals surface area contributed by atoms with Crippen LogP contribution in [-0.4, -0.2) is 18.9 Å². The van der Waals surface area contributed by atoms with Crippen LogP contribution < -0.4 is 0 Å². The van der Waals surface area contributed by atoms with Crippen LogP contribution in [0.15, 0.2) is 12.1 Å². The zero-order valence-corrected chi connectivity index (χ0v) is 9.11. The lowest BCUT2D eigenvalue weighted by Gasteiger charge is -2.07. The normalized spacial score (nSPS) is 9.31. The van der Waals surface area contributed by atoms with Crippen molar-refractivity contribution in [3.05, 3.63) is 34.4 Å². The van der Waals surface area contributed by atoms with Gasteiger partial charge in [-0.15, -0.1) is 0 Å². The molecule has 0 aromatic heterocycles. The molecular weight excluding hydrogens is 206 g/mol. The van der Waals surface area contributed by atoms with Crippen molar-refractivity contribution in [1.29, 1.82) is 5.26 Å². The number of ether oxygens (including phenoxy) is 1. The molecule has 0 saturated heterocycles. The van der Waals surface area contributed by atoms with Gasteiger partial charge in [-0.25, -0.2) is 4.79 Å². The summed E-state index contributed by atoms with van der Waals surface area (Å²) in [6.07, 6.45) is 0.636. The minimum atomic E-state index is -0.578. The van der Waals surface area contributed by atoms with Crippen LogP contribution in [0.3, 0.4) is 0 Å². The van der Waals surface area contributed by atoms with E-state index in [0.29, 0.717) is 17.4 Å². The van der Waals surface area contributed by atoms with Crippen molar-refractivity contribution in [2.75, 3.05) is 6.61 Å². The topological polar surface area (TPSA) is 67.2 Å². The Balaban J connectivity index is 3.35. The molecule has 0 N–H and O–H groups in total. The van der Waals surface area contributed by atoms with Crippen molar-refractivity contribution >= 4 is 12.3 Å². The smallest absolute Gasteiger partial charge is 0.339 e. The number of carbonyl (C=O) groups excluding carboxylic acids is 2. The largest absolute Gasteiger partial charge is 0.462 e. The van der Waals surface area contributed by atoms with Gasteiger partial charge in [-0.2, -0.15) is 5.26 Å². The molecule has 1 rings (SSSR count). The second kappa shape index (κ2) is 5.08. The van der Waals surface area contributed by atoms with Gasteiger partial charge in [0.25, 0.3) is 0 Å². The quantitative estimate of drug-likeness (QED) is 0.572. The average molecular weight is 217 g/mol. The molecule has 0 spiro atoms. The minimum Gasteiger partial charge on any atom is -0.462 e. The van der Waals surface area contributed by atoms with Gasteiger partial charge in [-0.1, -0.05) is 0 Å². The van der Waals surface area contributed by atoms with Crippen LogP contribution in [0.25, 0.3) is 0 Å². The first kappa shape index (κ1) is 11.9. The lowest BCUT2D eigenvalue weighted by atomic mass is 10.00. The number of aryl methyl sites for hydroxylation is 1. The molecule has 0 bridgehead atoms. The Labute approximate surface area is 93.5 Å². The molecule has 0 aliphatic carbocycles. The number of hydrogen-bond donors (Lipinski definition) is 0. The summed E-state index contributed by atoms with van der Waals surface area (Å²) in [4.78, 5) is 22.2. The predicted molar refractivity (Wildman–Crippen MR) is 57.2 cm³/mol. The summed E-state index contributed by atoms with van der Waals surface area (Å²) in [5.74, 6) is -0.578. The standard InChI is InChI=1S/C12H11NO3/c1-3-16-12(15)10-5-9(7-14)4-8(2)11(10)6-13/h4-5,7H,3H2,1-2H3. The number of esters is 1. The number of carbonyl (C=O) groups is 2. The van der Waals surface area contributed by atoms with Gasteiger partial charge < -0.3 is 4.74 Å². The monoisotopic (exact) mass is 217 g/mol. The first-order chi connectivity index (χ1) is 7.63. The summed E-state index contributed by atoms with van der Waals surface area (Å²) in [6, 6.07) is 4.87. The van der Waals surface area contributed by atoms with Gasteiger partial charge >= 0.3 is 5.97 Å². The summed E-state index contributed by atoms with van der Waals surface area (Å²) in [5.41, 5.74) is 1.35. The van der Waals surface area contributed by atoms with Gasteiger partial charge in [0.05, 0.1) is 17.7 Å². The Kier molecular flexibility index (Phi) is 3.78. The van der Waals surface area contributed by atoms with Crippen LogP contribution in [0.2, 0.25) is 0 Å². The summed E-state index contributed by atoms with van der Waals surface area (Å²) in [7, 11) is 0. The lowest BCUT2D eigenvalue weighted by Crippen LogP contribution is -2.09. The maximum absolute atomic E-state index is 11.6. The second-order valence-electron chi connectivity index (χ2n) is 3.21. The van der Waals surface area contributed by atoms with Crippen LogP contribution in [-0.2, 0) is 4.74 Å². The van der Waals surface area contributed by atoms with E-state index in [9.17, 15) is 9.59 Å². The summed E-state index contributed by atoms with van der Waals surface area (Å²) >= 11 is 0. The molecule has 0 amide bonds. The van der Waals surface area contributed by atoms with Crippen molar-refractivity contribution in [1.82, 2.24) is 0 Å². The first-order valence-corrected chi connectivity index (χ1v) is 4.81. The molecule has 0 heterocycles. The van der Waals surface area contributed by atoms with Crippen molar-refractivity contribution < 1.29 is 14.3 Å². The molecule has 1 aromatic rings. The number of nitrogens with zero attached hydrogens (tertiary/aromatic N) is 1. The maximum Gasteiger partial charge on any atom is 0.339 e. The predicted octanol–water partition coefficient (Wildman–Crippen LogP) is 1.86. The van der Waals surface area contributed by atoms with E-state index in [1.807, 2.05) is 6.07 Å².